The lowest BCUT2D eigenvalue weighted by Crippen LogP contribution is -2.24. The zero-order valence-corrected chi connectivity index (χ0v) is 10.1. The normalized spacial score (nSPS) is 23.3. The van der Waals surface area contributed by atoms with E-state index >= 15 is 0 Å². The van der Waals surface area contributed by atoms with E-state index in [2.05, 4.69) is 11.8 Å². The Hall–Kier alpha value is -1.34. The predicted octanol–water partition coefficient (Wildman–Crippen LogP) is 2.51. The van der Waals surface area contributed by atoms with E-state index in [-0.39, 0.29) is 5.60 Å². The molecule has 0 bridgehead atoms. The zero-order chi connectivity index (χ0) is 12.1. The van der Waals surface area contributed by atoms with E-state index in [1.54, 1.807) is 0 Å². The van der Waals surface area contributed by atoms with Gasteiger partial charge in [-0.1, -0.05) is 24.1 Å². The molecule has 0 radical (unpaired) electrons. The van der Waals surface area contributed by atoms with Crippen LogP contribution in [0, 0.1) is 11.8 Å². The van der Waals surface area contributed by atoms with Crippen LogP contribution < -0.4 is 0 Å². The largest absolute Gasteiger partial charge is 0.340 e. The van der Waals surface area contributed by atoms with Crippen molar-refractivity contribution >= 4 is 0 Å². The lowest BCUT2D eigenvalue weighted by Gasteiger charge is -2.18. The van der Waals surface area contributed by atoms with Crippen LogP contribution in [0.3, 0.4) is 0 Å². The van der Waals surface area contributed by atoms with Crippen LogP contribution >= 0.6 is 0 Å². The average molecular weight is 232 g/mol. The van der Waals surface area contributed by atoms with Crippen LogP contribution in [-0.4, -0.2) is 18.5 Å². The van der Waals surface area contributed by atoms with Crippen molar-refractivity contribution in [2.75, 3.05) is 6.61 Å². The van der Waals surface area contributed by atoms with Gasteiger partial charge >= 0.3 is 0 Å². The third-order valence-electron chi connectivity index (χ3n) is 2.44. The van der Waals surface area contributed by atoms with E-state index in [9.17, 15) is 0 Å². The molecule has 1 heterocycles. The highest BCUT2D eigenvalue weighted by molar-refractivity contribution is 5.33. The maximum Gasteiger partial charge on any atom is 0.254 e. The van der Waals surface area contributed by atoms with Gasteiger partial charge in [0.2, 0.25) is 0 Å². The first kappa shape index (κ1) is 12.1. The van der Waals surface area contributed by atoms with Crippen molar-refractivity contribution in [3.05, 3.63) is 35.9 Å². The second kappa shape index (κ2) is 5.33. The molecule has 0 aromatic heterocycles. The molecule has 3 heteroatoms. The fourth-order valence-electron chi connectivity index (χ4n) is 1.38. The molecule has 1 aliphatic rings. The molecule has 3 nitrogen and oxygen atoms in total. The molecule has 90 valence electrons. The Bertz CT molecular complexity index is 414. The fourth-order valence-corrected chi connectivity index (χ4v) is 1.38. The van der Waals surface area contributed by atoms with Crippen molar-refractivity contribution in [1.29, 1.82) is 0 Å². The van der Waals surface area contributed by atoms with Crippen molar-refractivity contribution in [2.24, 2.45) is 0 Å². The van der Waals surface area contributed by atoms with Gasteiger partial charge in [0.25, 0.3) is 6.29 Å². The van der Waals surface area contributed by atoms with Crippen molar-refractivity contribution in [2.45, 2.75) is 32.2 Å². The quantitative estimate of drug-likeness (QED) is 0.508. The van der Waals surface area contributed by atoms with E-state index in [4.69, 9.17) is 14.5 Å². The molecule has 0 saturated carbocycles. The molecule has 1 aliphatic heterocycles. The number of rotatable bonds is 0. The van der Waals surface area contributed by atoms with Gasteiger partial charge in [-0.2, -0.15) is 4.89 Å². The summed E-state index contributed by atoms with van der Waals surface area (Å²) >= 11 is 0. The molecular formula is C14H16O3. The van der Waals surface area contributed by atoms with E-state index in [1.165, 1.54) is 0 Å². The van der Waals surface area contributed by atoms with Crippen molar-refractivity contribution in [1.82, 2.24) is 0 Å². The summed E-state index contributed by atoms with van der Waals surface area (Å²) in [6.07, 6.45) is 0.174. The van der Waals surface area contributed by atoms with E-state index in [0.29, 0.717) is 6.61 Å². The van der Waals surface area contributed by atoms with Crippen molar-refractivity contribution < 1.29 is 14.5 Å². The Labute approximate surface area is 102 Å². The predicted molar refractivity (Wildman–Crippen MR) is 63.9 cm³/mol. The summed E-state index contributed by atoms with van der Waals surface area (Å²) in [6.45, 7) is 4.51. The minimum Gasteiger partial charge on any atom is -0.340 e. The third-order valence-corrected chi connectivity index (χ3v) is 2.44. The van der Waals surface area contributed by atoms with Gasteiger partial charge < -0.3 is 4.74 Å². The second-order valence-corrected chi connectivity index (χ2v) is 4.53. The molecular weight excluding hydrogens is 216 g/mol. The van der Waals surface area contributed by atoms with Crippen LogP contribution in [0.2, 0.25) is 0 Å². The minimum absolute atomic E-state index is 0.316. The molecule has 1 fully saturated rings. The van der Waals surface area contributed by atoms with Crippen LogP contribution in [0.4, 0.5) is 0 Å². The zero-order valence-electron chi connectivity index (χ0n) is 10.1. The van der Waals surface area contributed by atoms with Gasteiger partial charge in [0.1, 0.15) is 5.60 Å². The van der Waals surface area contributed by atoms with Crippen LogP contribution in [0.1, 0.15) is 25.8 Å². The molecule has 0 amide bonds. The van der Waals surface area contributed by atoms with Gasteiger partial charge in [-0.3, -0.25) is 0 Å². The number of hydrogen-bond donors (Lipinski definition) is 0. The molecule has 0 aliphatic carbocycles. The molecule has 1 aromatic carbocycles. The second-order valence-electron chi connectivity index (χ2n) is 4.53. The summed E-state index contributed by atoms with van der Waals surface area (Å²) < 4.78 is 5.44. The lowest BCUT2D eigenvalue weighted by molar-refractivity contribution is -0.387. The molecule has 17 heavy (non-hydrogen) atoms. The van der Waals surface area contributed by atoms with Crippen LogP contribution in [0.15, 0.2) is 30.3 Å². The van der Waals surface area contributed by atoms with E-state index in [0.717, 1.165) is 12.0 Å². The summed E-state index contributed by atoms with van der Waals surface area (Å²) in [5.41, 5.74) is 0.617. The lowest BCUT2D eigenvalue weighted by atomic mass is 10.1. The standard InChI is InChI=1S/C14H16O3/c1-14(2)10-11-15-13(16-17-14)9-8-12-6-4-3-5-7-12/h3-7,13H,10-11H2,1-2H3. The molecule has 1 unspecified atom stereocenters. The Kier molecular flexibility index (Phi) is 3.80. The van der Waals surface area contributed by atoms with Gasteiger partial charge in [0.05, 0.1) is 6.61 Å². The molecule has 2 rings (SSSR count). The smallest absolute Gasteiger partial charge is 0.254 e. The van der Waals surface area contributed by atoms with E-state index < -0.39 is 6.29 Å². The average Bonchev–Trinajstić information content (AvgIpc) is 2.49. The number of hydrogen-bond acceptors (Lipinski definition) is 3. The van der Waals surface area contributed by atoms with Gasteiger partial charge in [0, 0.05) is 12.0 Å². The van der Waals surface area contributed by atoms with Crippen molar-refractivity contribution in [3.63, 3.8) is 0 Å². The number of benzene rings is 1. The van der Waals surface area contributed by atoms with Gasteiger partial charge in [-0.05, 0) is 31.9 Å². The first-order chi connectivity index (χ1) is 8.16. The molecule has 0 spiro atoms. The van der Waals surface area contributed by atoms with Crippen molar-refractivity contribution in [3.8, 4) is 11.8 Å². The fraction of sp³-hybridized carbons (Fsp3) is 0.429. The molecule has 1 atom stereocenters. The Balaban J connectivity index is 1.98. The molecule has 1 saturated heterocycles. The van der Waals surface area contributed by atoms with Gasteiger partial charge in [0.15, 0.2) is 0 Å². The first-order valence-corrected chi connectivity index (χ1v) is 5.68. The molecule has 1 aromatic rings. The van der Waals surface area contributed by atoms with E-state index in [1.807, 2.05) is 44.2 Å². The van der Waals surface area contributed by atoms with Crippen LogP contribution in [0.25, 0.3) is 0 Å². The monoisotopic (exact) mass is 232 g/mol. The Morgan fingerprint density at radius 3 is 2.76 bits per heavy atom. The summed E-state index contributed by atoms with van der Waals surface area (Å²) in [4.78, 5) is 10.4. The summed E-state index contributed by atoms with van der Waals surface area (Å²) in [6, 6.07) is 9.72. The summed E-state index contributed by atoms with van der Waals surface area (Å²) in [5, 5.41) is 0. The minimum atomic E-state index is -0.614. The van der Waals surface area contributed by atoms with Gasteiger partial charge in [-0.25, -0.2) is 4.89 Å². The van der Waals surface area contributed by atoms with Crippen LogP contribution in [-0.2, 0) is 14.5 Å². The first-order valence-electron chi connectivity index (χ1n) is 5.68. The Morgan fingerprint density at radius 2 is 2.00 bits per heavy atom. The topological polar surface area (TPSA) is 27.7 Å². The highest BCUT2D eigenvalue weighted by Gasteiger charge is 2.26. The van der Waals surface area contributed by atoms with Crippen LogP contribution in [0.5, 0.6) is 0 Å². The molecule has 0 N–H and O–H groups in total. The highest BCUT2D eigenvalue weighted by Crippen LogP contribution is 2.19. The Morgan fingerprint density at radius 1 is 1.24 bits per heavy atom. The maximum atomic E-state index is 5.44. The summed E-state index contributed by atoms with van der Waals surface area (Å²) in [5.74, 6) is 5.89. The summed E-state index contributed by atoms with van der Waals surface area (Å²) in [7, 11) is 0. The SMILES string of the molecule is CC1(C)CCOC(C#Cc2ccccc2)OO1. The third kappa shape index (κ3) is 3.86. The van der Waals surface area contributed by atoms with Gasteiger partial charge in [-0.15, -0.1) is 0 Å². The highest BCUT2D eigenvalue weighted by atomic mass is 17.2. The maximum absolute atomic E-state index is 5.44. The number of ether oxygens (including phenoxy) is 1.